The highest BCUT2D eigenvalue weighted by molar-refractivity contribution is 5.85. The standard InChI is InChI=1S/C16H14N6/c1-22-14-9-5-4-8-13(14)18-15(22)10-17-21-16-19-11-6-2-3-7-12(11)20-16/h2-10H,1H3,(H2,19,20,21)/b17-10+. The fourth-order valence-corrected chi connectivity index (χ4v) is 2.44. The van der Waals surface area contributed by atoms with Crippen LogP contribution in [0.4, 0.5) is 5.95 Å². The van der Waals surface area contributed by atoms with Crippen LogP contribution in [-0.2, 0) is 7.05 Å². The maximum atomic E-state index is 4.53. The van der Waals surface area contributed by atoms with Gasteiger partial charge in [0.25, 0.3) is 0 Å². The second kappa shape index (κ2) is 5.00. The number of hydrogen-bond donors (Lipinski definition) is 2. The Morgan fingerprint density at radius 2 is 1.82 bits per heavy atom. The normalized spacial score (nSPS) is 11.7. The summed E-state index contributed by atoms with van der Waals surface area (Å²) in [4.78, 5) is 12.1. The number of hydrogen-bond acceptors (Lipinski definition) is 4. The van der Waals surface area contributed by atoms with E-state index in [1.807, 2.05) is 60.1 Å². The molecule has 0 radical (unpaired) electrons. The smallest absolute Gasteiger partial charge is 0.222 e. The second-order valence-electron chi connectivity index (χ2n) is 4.99. The van der Waals surface area contributed by atoms with Crippen LogP contribution in [0.5, 0.6) is 0 Å². The van der Waals surface area contributed by atoms with Crippen molar-refractivity contribution in [1.82, 2.24) is 19.5 Å². The number of aromatic amines is 1. The van der Waals surface area contributed by atoms with Gasteiger partial charge in [-0.25, -0.2) is 15.4 Å². The zero-order valence-electron chi connectivity index (χ0n) is 12.0. The number of benzene rings is 2. The van der Waals surface area contributed by atoms with Gasteiger partial charge in [-0.05, 0) is 24.3 Å². The van der Waals surface area contributed by atoms with Gasteiger partial charge in [-0.2, -0.15) is 5.10 Å². The van der Waals surface area contributed by atoms with E-state index in [1.54, 1.807) is 6.21 Å². The van der Waals surface area contributed by atoms with Gasteiger partial charge in [-0.1, -0.05) is 24.3 Å². The summed E-state index contributed by atoms with van der Waals surface area (Å²) in [6.45, 7) is 0. The van der Waals surface area contributed by atoms with Gasteiger partial charge < -0.3 is 9.55 Å². The first-order valence-electron chi connectivity index (χ1n) is 6.96. The molecule has 0 bridgehead atoms. The fourth-order valence-electron chi connectivity index (χ4n) is 2.44. The molecule has 0 fully saturated rings. The number of nitrogens with one attached hydrogen (secondary N) is 2. The number of aromatic nitrogens is 4. The Labute approximate surface area is 126 Å². The molecule has 108 valence electrons. The minimum Gasteiger partial charge on any atom is -0.326 e. The third-order valence-corrected chi connectivity index (χ3v) is 3.56. The Hall–Kier alpha value is -3.15. The van der Waals surface area contributed by atoms with E-state index < -0.39 is 0 Å². The number of imidazole rings is 2. The molecule has 0 aliphatic rings. The topological polar surface area (TPSA) is 70.9 Å². The van der Waals surface area contributed by atoms with Gasteiger partial charge in [-0.3, -0.25) is 0 Å². The highest BCUT2D eigenvalue weighted by Crippen LogP contribution is 2.14. The maximum Gasteiger partial charge on any atom is 0.222 e. The molecule has 0 amide bonds. The van der Waals surface area contributed by atoms with Crippen LogP contribution >= 0.6 is 0 Å². The minimum atomic E-state index is 0.608. The maximum absolute atomic E-state index is 4.53. The van der Waals surface area contributed by atoms with Crippen molar-refractivity contribution in [1.29, 1.82) is 0 Å². The van der Waals surface area contributed by atoms with Gasteiger partial charge in [0.05, 0.1) is 28.3 Å². The molecule has 0 aliphatic heterocycles. The van der Waals surface area contributed by atoms with Crippen molar-refractivity contribution < 1.29 is 0 Å². The summed E-state index contributed by atoms with van der Waals surface area (Å²) >= 11 is 0. The molecular formula is C16H14N6. The average Bonchev–Trinajstić information content (AvgIpc) is 3.09. The Morgan fingerprint density at radius 3 is 2.64 bits per heavy atom. The summed E-state index contributed by atoms with van der Waals surface area (Å²) in [5, 5.41) is 4.21. The third-order valence-electron chi connectivity index (χ3n) is 3.56. The molecule has 0 saturated heterocycles. The van der Waals surface area contributed by atoms with Crippen LogP contribution in [0.1, 0.15) is 5.82 Å². The summed E-state index contributed by atoms with van der Waals surface area (Å²) in [5.74, 6) is 1.39. The van der Waals surface area contributed by atoms with E-state index in [0.29, 0.717) is 5.95 Å². The number of H-pyrrole nitrogens is 1. The van der Waals surface area contributed by atoms with E-state index in [1.165, 1.54) is 0 Å². The molecule has 0 atom stereocenters. The summed E-state index contributed by atoms with van der Waals surface area (Å²) in [5.41, 5.74) is 6.81. The molecule has 22 heavy (non-hydrogen) atoms. The van der Waals surface area contributed by atoms with Gasteiger partial charge in [0.2, 0.25) is 5.95 Å². The molecule has 6 nitrogen and oxygen atoms in total. The highest BCUT2D eigenvalue weighted by atomic mass is 15.4. The van der Waals surface area contributed by atoms with Gasteiger partial charge in [0.15, 0.2) is 5.82 Å². The van der Waals surface area contributed by atoms with E-state index in [-0.39, 0.29) is 0 Å². The lowest BCUT2D eigenvalue weighted by Gasteiger charge is -1.96. The quantitative estimate of drug-likeness (QED) is 0.450. The monoisotopic (exact) mass is 290 g/mol. The Bertz CT molecular complexity index is 946. The van der Waals surface area contributed by atoms with Crippen LogP contribution in [0.15, 0.2) is 53.6 Å². The average molecular weight is 290 g/mol. The lowest BCUT2D eigenvalue weighted by molar-refractivity contribution is 0.933. The van der Waals surface area contributed by atoms with Crippen molar-refractivity contribution >= 4 is 34.2 Å². The van der Waals surface area contributed by atoms with E-state index in [4.69, 9.17) is 0 Å². The van der Waals surface area contributed by atoms with Crippen molar-refractivity contribution in [2.75, 3.05) is 5.43 Å². The van der Waals surface area contributed by atoms with Crippen molar-refractivity contribution in [3.05, 3.63) is 54.4 Å². The number of rotatable bonds is 3. The number of anilines is 1. The molecule has 2 N–H and O–H groups in total. The van der Waals surface area contributed by atoms with Crippen molar-refractivity contribution in [2.45, 2.75) is 0 Å². The van der Waals surface area contributed by atoms with Gasteiger partial charge in [-0.15, -0.1) is 0 Å². The molecule has 0 spiro atoms. The molecule has 2 aromatic heterocycles. The molecule has 0 saturated carbocycles. The first-order chi connectivity index (χ1) is 10.8. The molecule has 0 aliphatic carbocycles. The van der Waals surface area contributed by atoms with E-state index >= 15 is 0 Å². The zero-order valence-corrected chi connectivity index (χ0v) is 12.0. The Morgan fingerprint density at radius 1 is 1.05 bits per heavy atom. The lowest BCUT2D eigenvalue weighted by atomic mass is 10.3. The minimum absolute atomic E-state index is 0.608. The summed E-state index contributed by atoms with van der Waals surface area (Å²) < 4.78 is 2.00. The predicted octanol–water partition coefficient (Wildman–Crippen LogP) is 2.90. The van der Waals surface area contributed by atoms with Crippen molar-refractivity contribution in [3.63, 3.8) is 0 Å². The molecule has 4 aromatic rings. The Balaban J connectivity index is 1.59. The first kappa shape index (κ1) is 12.6. The van der Waals surface area contributed by atoms with Gasteiger partial charge >= 0.3 is 0 Å². The summed E-state index contributed by atoms with van der Waals surface area (Å²) in [7, 11) is 1.97. The third kappa shape index (κ3) is 2.10. The van der Waals surface area contributed by atoms with Crippen LogP contribution in [0.25, 0.3) is 22.1 Å². The van der Waals surface area contributed by atoms with Crippen LogP contribution in [0.2, 0.25) is 0 Å². The zero-order chi connectivity index (χ0) is 14.9. The van der Waals surface area contributed by atoms with Crippen LogP contribution in [0, 0.1) is 0 Å². The fraction of sp³-hybridized carbons (Fsp3) is 0.0625. The van der Waals surface area contributed by atoms with Crippen LogP contribution < -0.4 is 5.43 Å². The van der Waals surface area contributed by atoms with E-state index in [0.717, 1.165) is 27.9 Å². The number of fused-ring (bicyclic) bond motifs is 2. The summed E-state index contributed by atoms with van der Waals surface area (Å²) in [6.07, 6.45) is 1.69. The molecule has 6 heteroatoms. The highest BCUT2D eigenvalue weighted by Gasteiger charge is 2.04. The Kier molecular flexibility index (Phi) is 2.86. The molecule has 2 heterocycles. The largest absolute Gasteiger partial charge is 0.326 e. The first-order valence-corrected chi connectivity index (χ1v) is 6.96. The molecule has 4 rings (SSSR count). The van der Waals surface area contributed by atoms with Crippen LogP contribution in [-0.4, -0.2) is 25.7 Å². The van der Waals surface area contributed by atoms with Crippen molar-refractivity contribution in [2.24, 2.45) is 12.1 Å². The number of nitrogens with zero attached hydrogens (tertiary/aromatic N) is 4. The number of hydrazone groups is 1. The molecular weight excluding hydrogens is 276 g/mol. The SMILES string of the molecule is Cn1c(/C=N/Nc2nc3ccccc3[nH]2)nc2ccccc21. The van der Waals surface area contributed by atoms with Crippen molar-refractivity contribution in [3.8, 4) is 0 Å². The van der Waals surface area contributed by atoms with Gasteiger partial charge in [0.1, 0.15) is 0 Å². The molecule has 0 unspecified atom stereocenters. The van der Waals surface area contributed by atoms with Crippen LogP contribution in [0.3, 0.4) is 0 Å². The van der Waals surface area contributed by atoms with E-state index in [9.17, 15) is 0 Å². The van der Waals surface area contributed by atoms with E-state index in [2.05, 4.69) is 25.5 Å². The number of aryl methyl sites for hydroxylation is 1. The molecule has 2 aromatic carbocycles. The predicted molar refractivity (Wildman–Crippen MR) is 88.0 cm³/mol. The van der Waals surface area contributed by atoms with Gasteiger partial charge in [0, 0.05) is 7.05 Å². The number of para-hydroxylation sites is 4. The summed E-state index contributed by atoms with van der Waals surface area (Å²) in [6, 6.07) is 15.8. The lowest BCUT2D eigenvalue weighted by Crippen LogP contribution is -1.99. The second-order valence-corrected chi connectivity index (χ2v) is 4.99.